The number of aromatic nitrogens is 1. The van der Waals surface area contributed by atoms with E-state index >= 15 is 0 Å². The molecule has 0 radical (unpaired) electrons. The molecule has 0 saturated carbocycles. The van der Waals surface area contributed by atoms with Crippen LogP contribution in [0.2, 0.25) is 0 Å². The minimum Gasteiger partial charge on any atom is -0.478 e. The Balaban J connectivity index is 2.78. The fourth-order valence-corrected chi connectivity index (χ4v) is 1.71. The largest absolute Gasteiger partial charge is 0.478 e. The molecule has 0 bridgehead atoms. The Kier molecular flexibility index (Phi) is 2.04. The Morgan fingerprint density at radius 2 is 2.50 bits per heavy atom. The van der Waals surface area contributed by atoms with Gasteiger partial charge in [-0.15, -0.1) is 0 Å². The second-order valence-electron chi connectivity index (χ2n) is 3.19. The van der Waals surface area contributed by atoms with Crippen molar-refractivity contribution in [2.45, 2.75) is 13.5 Å². The van der Waals surface area contributed by atoms with Crippen molar-refractivity contribution in [3.05, 3.63) is 22.3 Å². The molecule has 4 nitrogen and oxygen atoms in total. The topological polar surface area (TPSA) is 54.3 Å². The summed E-state index contributed by atoms with van der Waals surface area (Å²) >= 11 is 0. The van der Waals surface area contributed by atoms with E-state index in [0.29, 0.717) is 12.1 Å². The maximum absolute atomic E-state index is 10.9. The third-order valence-corrected chi connectivity index (χ3v) is 2.39. The summed E-state index contributed by atoms with van der Waals surface area (Å²) < 4.78 is 1.93. The molecule has 2 heterocycles. The van der Waals surface area contributed by atoms with Crippen LogP contribution < -0.4 is 15.9 Å². The quantitative estimate of drug-likeness (QED) is 0.653. The first-order valence-electron chi connectivity index (χ1n) is 4.60. The van der Waals surface area contributed by atoms with Crippen molar-refractivity contribution in [1.29, 1.82) is 0 Å². The van der Waals surface area contributed by atoms with Gasteiger partial charge in [-0.05, 0) is 6.92 Å². The highest BCUT2D eigenvalue weighted by atomic mass is 16.4. The maximum Gasteiger partial charge on any atom is 0.337 e. The fraction of sp³-hybridized carbons (Fsp3) is 0.300. The molecule has 0 fully saturated rings. The Morgan fingerprint density at radius 1 is 1.71 bits per heavy atom. The highest BCUT2D eigenvalue weighted by molar-refractivity contribution is 5.88. The molecule has 0 aliphatic carbocycles. The summed E-state index contributed by atoms with van der Waals surface area (Å²) in [6, 6.07) is 0. The number of carboxylic acid groups (broad SMARTS) is 1. The van der Waals surface area contributed by atoms with Gasteiger partial charge in [0.25, 0.3) is 0 Å². The lowest BCUT2D eigenvalue weighted by Gasteiger charge is -2.02. The molecule has 0 spiro atoms. The van der Waals surface area contributed by atoms with E-state index in [1.54, 1.807) is 6.20 Å². The highest BCUT2D eigenvalue weighted by Gasteiger charge is 2.11. The molecular formula is C10H12N2O2. The number of hydrogen-bond acceptors (Lipinski definition) is 2. The smallest absolute Gasteiger partial charge is 0.337 e. The highest BCUT2D eigenvalue weighted by Crippen LogP contribution is 1.92. The number of carbonyl (C=O) groups is 1. The first-order chi connectivity index (χ1) is 6.74. The normalized spacial score (nSPS) is 13.5. The monoisotopic (exact) mass is 192 g/mol. The van der Waals surface area contributed by atoms with Crippen LogP contribution in [0.4, 0.5) is 0 Å². The van der Waals surface area contributed by atoms with Gasteiger partial charge in [-0.3, -0.25) is 0 Å². The number of aromatic carboxylic acids is 1. The van der Waals surface area contributed by atoms with E-state index in [2.05, 4.69) is 5.32 Å². The summed E-state index contributed by atoms with van der Waals surface area (Å²) in [5, 5.41) is 13.8. The van der Waals surface area contributed by atoms with Crippen LogP contribution in [-0.4, -0.2) is 22.2 Å². The van der Waals surface area contributed by atoms with Gasteiger partial charge in [0.05, 0.1) is 10.9 Å². The van der Waals surface area contributed by atoms with Crippen LogP contribution in [0.15, 0.2) is 6.20 Å². The maximum atomic E-state index is 10.9. The van der Waals surface area contributed by atoms with Crippen molar-refractivity contribution >= 4 is 18.2 Å². The number of carboxylic acids is 1. The Labute approximate surface area is 81.2 Å². The first kappa shape index (κ1) is 8.87. The van der Waals surface area contributed by atoms with Crippen molar-refractivity contribution in [1.82, 2.24) is 9.88 Å². The van der Waals surface area contributed by atoms with Crippen molar-refractivity contribution in [3.63, 3.8) is 0 Å². The van der Waals surface area contributed by atoms with Crippen LogP contribution in [0.1, 0.15) is 17.3 Å². The van der Waals surface area contributed by atoms with Crippen molar-refractivity contribution in [2.75, 3.05) is 6.54 Å². The van der Waals surface area contributed by atoms with Crippen molar-refractivity contribution in [2.24, 2.45) is 0 Å². The summed E-state index contributed by atoms with van der Waals surface area (Å²) in [7, 11) is 0. The molecule has 2 rings (SSSR count). The number of aryl methyl sites for hydroxylation is 1. The summed E-state index contributed by atoms with van der Waals surface area (Å²) in [4.78, 5) is 10.9. The predicted octanol–water partition coefficient (Wildman–Crippen LogP) is -0.672. The van der Waals surface area contributed by atoms with E-state index in [4.69, 9.17) is 5.11 Å². The van der Waals surface area contributed by atoms with Crippen LogP contribution >= 0.6 is 0 Å². The second kappa shape index (κ2) is 3.21. The minimum absolute atomic E-state index is 0.389. The van der Waals surface area contributed by atoms with Crippen LogP contribution in [0.3, 0.4) is 0 Å². The third kappa shape index (κ3) is 1.19. The van der Waals surface area contributed by atoms with Gasteiger partial charge in [0, 0.05) is 30.7 Å². The first-order valence-corrected chi connectivity index (χ1v) is 4.60. The molecule has 0 atom stereocenters. The van der Waals surface area contributed by atoms with Crippen molar-refractivity contribution < 1.29 is 9.90 Å². The number of rotatable bonds is 2. The average Bonchev–Trinajstić information content (AvgIpc) is 2.56. The van der Waals surface area contributed by atoms with Crippen LogP contribution in [-0.2, 0) is 6.54 Å². The van der Waals surface area contributed by atoms with Gasteiger partial charge < -0.3 is 15.0 Å². The van der Waals surface area contributed by atoms with Crippen LogP contribution in [0, 0.1) is 0 Å². The molecule has 0 saturated heterocycles. The lowest BCUT2D eigenvalue weighted by atomic mass is 10.2. The molecule has 0 aromatic carbocycles. The molecule has 74 valence electrons. The number of nitrogens with one attached hydrogen (secondary N) is 1. The SMILES string of the molecule is CCn1cc(C(=O)O)c2c1=CNCC=2. The zero-order valence-corrected chi connectivity index (χ0v) is 7.95. The molecule has 2 N–H and O–H groups in total. The summed E-state index contributed by atoms with van der Waals surface area (Å²) in [6.07, 6.45) is 5.46. The molecule has 1 aromatic rings. The third-order valence-electron chi connectivity index (χ3n) is 2.39. The Hall–Kier alpha value is -1.71. The van der Waals surface area contributed by atoms with Crippen LogP contribution in [0.5, 0.6) is 0 Å². The molecule has 0 amide bonds. The molecule has 1 aliphatic rings. The molecule has 14 heavy (non-hydrogen) atoms. The van der Waals surface area contributed by atoms with Gasteiger partial charge in [0.1, 0.15) is 0 Å². The van der Waals surface area contributed by atoms with E-state index in [0.717, 1.165) is 17.1 Å². The van der Waals surface area contributed by atoms with E-state index in [1.165, 1.54) is 0 Å². The summed E-state index contributed by atoms with van der Waals surface area (Å²) in [5.74, 6) is -0.861. The Morgan fingerprint density at radius 3 is 3.14 bits per heavy atom. The number of nitrogens with zero attached hydrogens (tertiary/aromatic N) is 1. The molecule has 0 unspecified atom stereocenters. The fourth-order valence-electron chi connectivity index (χ4n) is 1.71. The van der Waals surface area contributed by atoms with Crippen LogP contribution in [0.25, 0.3) is 12.3 Å². The van der Waals surface area contributed by atoms with Gasteiger partial charge in [-0.2, -0.15) is 0 Å². The van der Waals surface area contributed by atoms with Gasteiger partial charge in [0.2, 0.25) is 0 Å². The zero-order chi connectivity index (χ0) is 10.1. The molecule has 4 heteroatoms. The summed E-state index contributed by atoms with van der Waals surface area (Å²) in [5.41, 5.74) is 0.389. The van der Waals surface area contributed by atoms with Gasteiger partial charge >= 0.3 is 5.97 Å². The number of fused-ring (bicyclic) bond motifs is 1. The van der Waals surface area contributed by atoms with E-state index in [-0.39, 0.29) is 0 Å². The number of hydrogen-bond donors (Lipinski definition) is 2. The summed E-state index contributed by atoms with van der Waals surface area (Å²) in [6.45, 7) is 3.47. The second-order valence-corrected chi connectivity index (χ2v) is 3.19. The molecule has 1 aromatic heterocycles. The standard InChI is InChI=1S/C10H12N2O2/c1-2-12-6-8(10(13)14)7-3-4-11-5-9(7)12/h3,5-6,11H,2,4H2,1H3,(H,13,14). The zero-order valence-electron chi connectivity index (χ0n) is 7.95. The average molecular weight is 192 g/mol. The van der Waals surface area contributed by atoms with E-state index in [1.807, 2.05) is 23.8 Å². The van der Waals surface area contributed by atoms with Gasteiger partial charge in [-0.1, -0.05) is 6.08 Å². The lowest BCUT2D eigenvalue weighted by Crippen LogP contribution is -2.37. The Bertz CT molecular complexity index is 485. The molecule has 1 aliphatic heterocycles. The van der Waals surface area contributed by atoms with Crippen molar-refractivity contribution in [3.8, 4) is 0 Å². The minimum atomic E-state index is -0.861. The lowest BCUT2D eigenvalue weighted by molar-refractivity contribution is 0.0695. The molecular weight excluding hydrogens is 180 g/mol. The van der Waals surface area contributed by atoms with Gasteiger partial charge in [0.15, 0.2) is 0 Å². The predicted molar refractivity (Wildman–Crippen MR) is 53.2 cm³/mol. The van der Waals surface area contributed by atoms with Gasteiger partial charge in [-0.25, -0.2) is 4.79 Å². The van der Waals surface area contributed by atoms with E-state index in [9.17, 15) is 4.79 Å². The van der Waals surface area contributed by atoms with E-state index < -0.39 is 5.97 Å².